The Kier molecular flexibility index (Phi) is 5.12. The van der Waals surface area contributed by atoms with E-state index in [0.29, 0.717) is 12.6 Å². The molecule has 0 aliphatic heterocycles. The lowest BCUT2D eigenvalue weighted by atomic mass is 10.1. The second kappa shape index (κ2) is 7.05. The molecule has 1 heterocycles. The predicted octanol–water partition coefficient (Wildman–Crippen LogP) is 2.55. The Labute approximate surface area is 120 Å². The number of benzene rings is 1. The van der Waals surface area contributed by atoms with Crippen LogP contribution < -0.4 is 10.1 Å². The molecule has 5 nitrogen and oxygen atoms in total. The topological polar surface area (TPSA) is 52.0 Å². The lowest BCUT2D eigenvalue weighted by molar-refractivity contribution is 0.287. The molecule has 0 aliphatic carbocycles. The number of nitrogens with zero attached hydrogens (tertiary/aromatic N) is 3. The molecule has 20 heavy (non-hydrogen) atoms. The van der Waals surface area contributed by atoms with Crippen LogP contribution in [-0.4, -0.2) is 21.3 Å². The van der Waals surface area contributed by atoms with Gasteiger partial charge in [0, 0.05) is 12.6 Å². The molecule has 2 rings (SSSR count). The van der Waals surface area contributed by atoms with E-state index in [1.807, 2.05) is 23.7 Å². The molecule has 0 saturated carbocycles. The van der Waals surface area contributed by atoms with Gasteiger partial charge in [-0.25, -0.2) is 9.67 Å². The zero-order valence-electron chi connectivity index (χ0n) is 12.3. The van der Waals surface area contributed by atoms with Crippen LogP contribution in [0.2, 0.25) is 0 Å². The maximum atomic E-state index is 5.74. The van der Waals surface area contributed by atoms with Crippen molar-refractivity contribution in [3.8, 4) is 5.75 Å². The average molecular weight is 274 g/mol. The SMILES string of the molecule is CCNC(C)c1ccc(OCc2ncnn2CC)cc1. The fourth-order valence-corrected chi connectivity index (χ4v) is 2.09. The molecule has 5 heteroatoms. The van der Waals surface area contributed by atoms with Crippen LogP contribution in [0, 0.1) is 0 Å². The third-order valence-corrected chi connectivity index (χ3v) is 3.25. The Hall–Kier alpha value is -1.88. The Morgan fingerprint density at radius 1 is 1.25 bits per heavy atom. The van der Waals surface area contributed by atoms with Crippen molar-refractivity contribution in [3.05, 3.63) is 42.0 Å². The largest absolute Gasteiger partial charge is 0.486 e. The number of aryl methyl sites for hydroxylation is 1. The van der Waals surface area contributed by atoms with E-state index in [1.165, 1.54) is 5.56 Å². The molecule has 2 aromatic rings. The van der Waals surface area contributed by atoms with Crippen LogP contribution in [-0.2, 0) is 13.2 Å². The normalized spacial score (nSPS) is 12.3. The van der Waals surface area contributed by atoms with E-state index in [4.69, 9.17) is 4.74 Å². The number of hydrogen-bond donors (Lipinski definition) is 1. The highest BCUT2D eigenvalue weighted by Crippen LogP contribution is 2.18. The van der Waals surface area contributed by atoms with Crippen LogP contribution in [0.1, 0.15) is 38.2 Å². The number of ether oxygens (including phenoxy) is 1. The van der Waals surface area contributed by atoms with E-state index in [0.717, 1.165) is 24.7 Å². The van der Waals surface area contributed by atoms with Gasteiger partial charge in [-0.3, -0.25) is 0 Å². The van der Waals surface area contributed by atoms with Crippen LogP contribution in [0.5, 0.6) is 5.75 Å². The monoisotopic (exact) mass is 274 g/mol. The molecule has 0 fully saturated rings. The van der Waals surface area contributed by atoms with Crippen molar-refractivity contribution >= 4 is 0 Å². The van der Waals surface area contributed by atoms with Crippen molar-refractivity contribution < 1.29 is 4.74 Å². The average Bonchev–Trinajstić information content (AvgIpc) is 2.93. The van der Waals surface area contributed by atoms with Crippen molar-refractivity contribution in [1.29, 1.82) is 0 Å². The van der Waals surface area contributed by atoms with E-state index in [-0.39, 0.29) is 0 Å². The van der Waals surface area contributed by atoms with Gasteiger partial charge in [-0.1, -0.05) is 19.1 Å². The molecule has 1 aromatic carbocycles. The van der Waals surface area contributed by atoms with Crippen molar-refractivity contribution in [3.63, 3.8) is 0 Å². The quantitative estimate of drug-likeness (QED) is 0.843. The Morgan fingerprint density at radius 3 is 2.65 bits per heavy atom. The van der Waals surface area contributed by atoms with Gasteiger partial charge in [-0.15, -0.1) is 0 Å². The van der Waals surface area contributed by atoms with Gasteiger partial charge < -0.3 is 10.1 Å². The number of aromatic nitrogens is 3. The second-order valence-electron chi connectivity index (χ2n) is 4.63. The van der Waals surface area contributed by atoms with Crippen LogP contribution in [0.3, 0.4) is 0 Å². The Balaban J connectivity index is 1.94. The maximum absolute atomic E-state index is 5.74. The van der Waals surface area contributed by atoms with Crippen LogP contribution >= 0.6 is 0 Å². The highest BCUT2D eigenvalue weighted by Gasteiger charge is 2.05. The molecule has 1 N–H and O–H groups in total. The molecular weight excluding hydrogens is 252 g/mol. The van der Waals surface area contributed by atoms with E-state index in [9.17, 15) is 0 Å². The van der Waals surface area contributed by atoms with Crippen molar-refractivity contribution in [1.82, 2.24) is 20.1 Å². The summed E-state index contributed by atoms with van der Waals surface area (Å²) in [7, 11) is 0. The molecular formula is C15H22N4O. The second-order valence-corrected chi connectivity index (χ2v) is 4.63. The first-order chi connectivity index (χ1) is 9.74. The Morgan fingerprint density at radius 2 is 2.00 bits per heavy atom. The van der Waals surface area contributed by atoms with Gasteiger partial charge in [0.2, 0.25) is 0 Å². The van der Waals surface area contributed by atoms with Gasteiger partial charge in [-0.05, 0) is 38.1 Å². The minimum atomic E-state index is 0.359. The molecule has 1 unspecified atom stereocenters. The molecule has 1 aromatic heterocycles. The van der Waals surface area contributed by atoms with Gasteiger partial charge in [0.25, 0.3) is 0 Å². The van der Waals surface area contributed by atoms with Gasteiger partial charge in [0.05, 0.1) is 0 Å². The summed E-state index contributed by atoms with van der Waals surface area (Å²) in [4.78, 5) is 4.19. The summed E-state index contributed by atoms with van der Waals surface area (Å²) in [6.45, 7) is 8.51. The minimum Gasteiger partial charge on any atom is -0.486 e. The lowest BCUT2D eigenvalue weighted by Crippen LogP contribution is -2.17. The van der Waals surface area contributed by atoms with Crippen molar-refractivity contribution in [2.24, 2.45) is 0 Å². The standard InChI is InChI=1S/C15H22N4O/c1-4-16-12(3)13-6-8-14(9-7-13)20-10-15-17-11-18-19(15)5-2/h6-9,11-12,16H,4-5,10H2,1-3H3. The summed E-state index contributed by atoms with van der Waals surface area (Å²) >= 11 is 0. The third-order valence-electron chi connectivity index (χ3n) is 3.25. The number of nitrogens with one attached hydrogen (secondary N) is 1. The van der Waals surface area contributed by atoms with Crippen molar-refractivity contribution in [2.45, 2.75) is 40.0 Å². The van der Waals surface area contributed by atoms with Crippen LogP contribution in [0.25, 0.3) is 0 Å². The Bertz CT molecular complexity index is 521. The molecule has 1 atom stereocenters. The molecule has 0 amide bonds. The van der Waals surface area contributed by atoms with E-state index >= 15 is 0 Å². The molecule has 0 spiro atoms. The predicted molar refractivity (Wildman–Crippen MR) is 78.6 cm³/mol. The molecule has 108 valence electrons. The van der Waals surface area contributed by atoms with E-state index in [1.54, 1.807) is 6.33 Å². The van der Waals surface area contributed by atoms with E-state index in [2.05, 4.69) is 41.4 Å². The van der Waals surface area contributed by atoms with E-state index < -0.39 is 0 Å². The summed E-state index contributed by atoms with van der Waals surface area (Å²) in [6, 6.07) is 8.53. The smallest absolute Gasteiger partial charge is 0.164 e. The lowest BCUT2D eigenvalue weighted by Gasteiger charge is -2.13. The third kappa shape index (κ3) is 3.57. The van der Waals surface area contributed by atoms with Gasteiger partial charge in [0.1, 0.15) is 18.7 Å². The van der Waals surface area contributed by atoms with Crippen molar-refractivity contribution in [2.75, 3.05) is 6.54 Å². The molecule has 0 saturated heterocycles. The summed E-state index contributed by atoms with van der Waals surface area (Å²) in [5.41, 5.74) is 1.26. The summed E-state index contributed by atoms with van der Waals surface area (Å²) < 4.78 is 7.58. The number of hydrogen-bond acceptors (Lipinski definition) is 4. The molecule has 0 radical (unpaired) electrons. The van der Waals surface area contributed by atoms with Gasteiger partial charge in [0.15, 0.2) is 5.82 Å². The molecule has 0 aliphatic rings. The maximum Gasteiger partial charge on any atom is 0.164 e. The van der Waals surface area contributed by atoms with Crippen LogP contribution in [0.4, 0.5) is 0 Å². The summed E-state index contributed by atoms with van der Waals surface area (Å²) in [6.07, 6.45) is 1.56. The molecule has 0 bridgehead atoms. The number of rotatable bonds is 7. The van der Waals surface area contributed by atoms with Gasteiger partial charge >= 0.3 is 0 Å². The first-order valence-corrected chi connectivity index (χ1v) is 7.07. The van der Waals surface area contributed by atoms with Gasteiger partial charge in [-0.2, -0.15) is 5.10 Å². The highest BCUT2D eigenvalue weighted by molar-refractivity contribution is 5.29. The zero-order chi connectivity index (χ0) is 14.4. The summed E-state index contributed by atoms with van der Waals surface area (Å²) in [5.74, 6) is 1.70. The fraction of sp³-hybridized carbons (Fsp3) is 0.467. The first-order valence-electron chi connectivity index (χ1n) is 7.07. The first kappa shape index (κ1) is 14.5. The highest BCUT2D eigenvalue weighted by atomic mass is 16.5. The zero-order valence-corrected chi connectivity index (χ0v) is 12.3. The van der Waals surface area contributed by atoms with Crippen LogP contribution in [0.15, 0.2) is 30.6 Å². The fourth-order valence-electron chi connectivity index (χ4n) is 2.09. The summed E-state index contributed by atoms with van der Waals surface area (Å²) in [5, 5.41) is 7.51. The minimum absolute atomic E-state index is 0.359.